The van der Waals surface area contributed by atoms with Gasteiger partial charge in [-0.3, -0.25) is 14.4 Å². The monoisotopic (exact) mass is 661 g/mol. The summed E-state index contributed by atoms with van der Waals surface area (Å²) < 4.78 is 11.0. The van der Waals surface area contributed by atoms with Gasteiger partial charge in [-0.25, -0.2) is 4.79 Å². The van der Waals surface area contributed by atoms with E-state index in [-0.39, 0.29) is 61.8 Å². The molecule has 3 atom stereocenters. The minimum absolute atomic E-state index is 0.0108. The van der Waals surface area contributed by atoms with Crippen LogP contribution in [0.4, 0.5) is 10.5 Å². The van der Waals surface area contributed by atoms with Gasteiger partial charge in [-0.1, -0.05) is 48.6 Å². The minimum atomic E-state index is -0.181. The number of fused-ring (bicyclic) bond motifs is 3. The van der Waals surface area contributed by atoms with Crippen LogP contribution in [0.5, 0.6) is 0 Å². The number of anilines is 1. The van der Waals surface area contributed by atoms with Crippen LogP contribution in [0.1, 0.15) is 55.2 Å². The Morgan fingerprint density at radius 3 is 2.43 bits per heavy atom. The van der Waals surface area contributed by atoms with Crippen LogP contribution in [0.25, 0.3) is 0 Å². The van der Waals surface area contributed by atoms with Crippen LogP contribution in [0.3, 0.4) is 0 Å². The summed E-state index contributed by atoms with van der Waals surface area (Å²) in [6.07, 6.45) is 3.59. The SMILES string of the molecule is O=C(CCCC[C@H]1SC[C@H]2NC(=O)N[C@H]21)NCCOCCOCCC(=O)NCCC(=O)N1Cc2ccccc2C#Cc2ccccc21. The molecule has 3 aliphatic heterocycles. The highest BCUT2D eigenvalue weighted by molar-refractivity contribution is 8.00. The molecule has 0 spiro atoms. The molecule has 0 aromatic heterocycles. The fraction of sp³-hybridized carbons (Fsp3) is 0.486. The molecule has 0 saturated carbocycles. The molecule has 0 aliphatic carbocycles. The number of thioether (sulfide) groups is 1. The molecular formula is C35H43N5O6S. The number of rotatable bonds is 17. The van der Waals surface area contributed by atoms with Gasteiger partial charge >= 0.3 is 6.03 Å². The summed E-state index contributed by atoms with van der Waals surface area (Å²) in [4.78, 5) is 50.9. The van der Waals surface area contributed by atoms with Crippen molar-refractivity contribution in [2.45, 2.75) is 62.4 Å². The van der Waals surface area contributed by atoms with Crippen molar-refractivity contribution in [3.05, 3.63) is 65.2 Å². The normalized spacial score (nSPS) is 19.1. The van der Waals surface area contributed by atoms with E-state index >= 15 is 0 Å². The van der Waals surface area contributed by atoms with Crippen LogP contribution in [0.15, 0.2) is 48.5 Å². The van der Waals surface area contributed by atoms with Gasteiger partial charge in [-0.05, 0) is 36.6 Å². The van der Waals surface area contributed by atoms with E-state index in [1.54, 1.807) is 4.90 Å². The summed E-state index contributed by atoms with van der Waals surface area (Å²) in [5.41, 5.74) is 3.45. The molecule has 5 rings (SSSR count). The fourth-order valence-corrected chi connectivity index (χ4v) is 7.40. The lowest BCUT2D eigenvalue weighted by Gasteiger charge is -2.26. The molecule has 2 saturated heterocycles. The quantitative estimate of drug-likeness (QED) is 0.116. The van der Waals surface area contributed by atoms with Gasteiger partial charge < -0.3 is 35.6 Å². The number of unbranched alkanes of at least 4 members (excludes halogenated alkanes) is 1. The number of carbonyl (C=O) groups excluding carboxylic acids is 4. The van der Waals surface area contributed by atoms with Gasteiger partial charge in [0, 0.05) is 54.5 Å². The number of ether oxygens (including phenoxy) is 2. The Hall–Kier alpha value is -4.05. The summed E-state index contributed by atoms with van der Waals surface area (Å²) in [6.45, 7) is 2.42. The predicted octanol–water partition coefficient (Wildman–Crippen LogP) is 2.70. The number of carbonyl (C=O) groups is 4. The van der Waals surface area contributed by atoms with Crippen molar-refractivity contribution < 1.29 is 28.7 Å². The highest BCUT2D eigenvalue weighted by Gasteiger charge is 2.42. The molecule has 2 aromatic carbocycles. The number of hydrogen-bond acceptors (Lipinski definition) is 7. The molecule has 250 valence electrons. The van der Waals surface area contributed by atoms with Gasteiger partial charge in [0.15, 0.2) is 0 Å². The minimum Gasteiger partial charge on any atom is -0.379 e. The Morgan fingerprint density at radius 1 is 0.830 bits per heavy atom. The van der Waals surface area contributed by atoms with E-state index in [2.05, 4.69) is 33.1 Å². The number of hydrogen-bond donors (Lipinski definition) is 4. The summed E-state index contributed by atoms with van der Waals surface area (Å²) in [6, 6.07) is 15.8. The summed E-state index contributed by atoms with van der Waals surface area (Å²) >= 11 is 1.89. The van der Waals surface area contributed by atoms with Crippen LogP contribution < -0.4 is 26.2 Å². The van der Waals surface area contributed by atoms with Crippen molar-refractivity contribution in [3.63, 3.8) is 0 Å². The van der Waals surface area contributed by atoms with Gasteiger partial charge in [0.1, 0.15) is 0 Å². The lowest BCUT2D eigenvalue weighted by atomic mass is 10.0. The molecule has 11 nitrogen and oxygen atoms in total. The Bertz CT molecular complexity index is 1480. The average molecular weight is 662 g/mol. The zero-order valence-electron chi connectivity index (χ0n) is 26.6. The molecular weight excluding hydrogens is 618 g/mol. The second-order valence-corrected chi connectivity index (χ2v) is 13.0. The number of para-hydroxylation sites is 1. The van der Waals surface area contributed by atoms with Crippen LogP contribution in [-0.2, 0) is 30.4 Å². The first kappa shape index (κ1) is 34.3. The third kappa shape index (κ3) is 10.2. The third-order valence-electron chi connectivity index (χ3n) is 8.33. The molecule has 47 heavy (non-hydrogen) atoms. The maximum absolute atomic E-state index is 13.3. The van der Waals surface area contributed by atoms with E-state index in [0.29, 0.717) is 44.6 Å². The molecule has 5 amide bonds. The molecule has 0 radical (unpaired) electrons. The highest BCUT2D eigenvalue weighted by atomic mass is 32.2. The number of nitrogens with zero attached hydrogens (tertiary/aromatic N) is 1. The van der Waals surface area contributed by atoms with Crippen LogP contribution in [-0.4, -0.2) is 86.4 Å². The molecule has 3 aliphatic rings. The smallest absolute Gasteiger partial charge is 0.315 e. The first-order valence-corrected chi connectivity index (χ1v) is 17.4. The van der Waals surface area contributed by atoms with Crippen molar-refractivity contribution in [3.8, 4) is 11.8 Å². The average Bonchev–Trinajstić information content (AvgIpc) is 3.62. The van der Waals surface area contributed by atoms with E-state index in [1.807, 2.05) is 60.3 Å². The Morgan fingerprint density at radius 2 is 1.55 bits per heavy atom. The molecule has 4 N–H and O–H groups in total. The van der Waals surface area contributed by atoms with Gasteiger partial charge in [-0.2, -0.15) is 11.8 Å². The van der Waals surface area contributed by atoms with Crippen molar-refractivity contribution >= 4 is 41.2 Å². The molecule has 0 bridgehead atoms. The van der Waals surface area contributed by atoms with Crippen LogP contribution in [0.2, 0.25) is 0 Å². The number of amides is 5. The van der Waals surface area contributed by atoms with Crippen molar-refractivity contribution in [2.75, 3.05) is 50.2 Å². The van der Waals surface area contributed by atoms with E-state index in [9.17, 15) is 19.2 Å². The largest absolute Gasteiger partial charge is 0.379 e. The van der Waals surface area contributed by atoms with Gasteiger partial charge in [-0.15, -0.1) is 0 Å². The Labute approximate surface area is 280 Å². The molecule has 2 fully saturated rings. The number of benzene rings is 2. The topological polar surface area (TPSA) is 138 Å². The van der Waals surface area contributed by atoms with Crippen LogP contribution >= 0.6 is 11.8 Å². The Balaban J connectivity index is 0.863. The second kappa shape index (κ2) is 17.8. The van der Waals surface area contributed by atoms with Crippen molar-refractivity contribution in [1.82, 2.24) is 21.3 Å². The highest BCUT2D eigenvalue weighted by Crippen LogP contribution is 2.33. The van der Waals surface area contributed by atoms with Gasteiger partial charge in [0.2, 0.25) is 17.7 Å². The summed E-state index contributed by atoms with van der Waals surface area (Å²) in [5, 5.41) is 12.0. The van der Waals surface area contributed by atoms with Crippen molar-refractivity contribution in [2.24, 2.45) is 0 Å². The zero-order chi connectivity index (χ0) is 32.8. The van der Waals surface area contributed by atoms with E-state index in [4.69, 9.17) is 9.47 Å². The lowest BCUT2D eigenvalue weighted by molar-refractivity contribution is -0.123. The number of urea groups is 1. The van der Waals surface area contributed by atoms with Gasteiger partial charge in [0.05, 0.1) is 50.7 Å². The number of nitrogens with one attached hydrogen (secondary N) is 4. The predicted molar refractivity (Wildman–Crippen MR) is 181 cm³/mol. The maximum Gasteiger partial charge on any atom is 0.315 e. The summed E-state index contributed by atoms with van der Waals surface area (Å²) in [5.74, 6) is 7.09. The Kier molecular flexibility index (Phi) is 13.0. The zero-order valence-corrected chi connectivity index (χ0v) is 27.4. The first-order valence-electron chi connectivity index (χ1n) is 16.3. The molecule has 2 aromatic rings. The van der Waals surface area contributed by atoms with Crippen molar-refractivity contribution in [1.29, 1.82) is 0 Å². The van der Waals surface area contributed by atoms with E-state index in [0.717, 1.165) is 47.4 Å². The molecule has 12 heteroatoms. The summed E-state index contributed by atoms with van der Waals surface area (Å²) in [7, 11) is 0. The fourth-order valence-electron chi connectivity index (χ4n) is 5.85. The van der Waals surface area contributed by atoms with Gasteiger partial charge in [0.25, 0.3) is 0 Å². The second-order valence-electron chi connectivity index (χ2n) is 11.7. The van der Waals surface area contributed by atoms with Crippen LogP contribution in [0, 0.1) is 11.8 Å². The standard InChI is InChI=1S/C35H43N5O6S/c41-31(12-6-5-11-30-34-28(24-47-30)38-35(44)39-34)37-18-20-46-22-21-45-19-16-32(42)36-17-15-33(43)40-23-27-9-2-1-7-25(27)13-14-26-8-3-4-10-29(26)40/h1-4,7-10,28,30,34H,5-6,11-12,15-24H2,(H,36,42)(H,37,41)(H2,38,39,44)/t28-,30-,34-/m1/s1. The van der Waals surface area contributed by atoms with E-state index < -0.39 is 0 Å². The molecule has 3 heterocycles. The first-order chi connectivity index (χ1) is 23.0. The van der Waals surface area contributed by atoms with E-state index in [1.165, 1.54) is 0 Å². The third-order valence-corrected chi connectivity index (χ3v) is 9.84. The molecule has 0 unspecified atom stereocenters. The lowest BCUT2D eigenvalue weighted by Crippen LogP contribution is -2.36. The maximum atomic E-state index is 13.3.